The van der Waals surface area contributed by atoms with Crippen LogP contribution in [0.4, 0.5) is 5.13 Å². The molecular weight excluding hydrogens is 400 g/mol. The minimum absolute atomic E-state index is 0.154. The van der Waals surface area contributed by atoms with Gasteiger partial charge >= 0.3 is 0 Å². The van der Waals surface area contributed by atoms with Crippen LogP contribution in [0.25, 0.3) is 27.2 Å². The first kappa shape index (κ1) is 17.8. The molecule has 3 heterocycles. The van der Waals surface area contributed by atoms with Crippen LogP contribution < -0.4 is 5.32 Å². The highest BCUT2D eigenvalue weighted by Gasteiger charge is 2.18. The van der Waals surface area contributed by atoms with Crippen molar-refractivity contribution in [3.8, 4) is 16.9 Å². The molecule has 0 radical (unpaired) electrons. The molecule has 0 bridgehead atoms. The molecule has 0 aliphatic heterocycles. The number of fused-ring (bicyclic) bond motifs is 1. The van der Waals surface area contributed by atoms with Gasteiger partial charge in [0, 0.05) is 16.3 Å². The van der Waals surface area contributed by atoms with Crippen LogP contribution >= 0.6 is 22.7 Å². The molecule has 3 aromatic heterocycles. The van der Waals surface area contributed by atoms with Gasteiger partial charge in [0.05, 0.1) is 22.0 Å². The van der Waals surface area contributed by atoms with E-state index in [1.165, 1.54) is 22.7 Å². The number of para-hydroxylation sites is 1. The summed E-state index contributed by atoms with van der Waals surface area (Å²) < 4.78 is 1.89. The number of carbonyl (C=O) groups is 1. The van der Waals surface area contributed by atoms with Crippen molar-refractivity contribution in [3.63, 3.8) is 0 Å². The molecule has 0 spiro atoms. The van der Waals surface area contributed by atoms with Gasteiger partial charge in [-0.05, 0) is 25.1 Å². The van der Waals surface area contributed by atoms with Crippen LogP contribution in [0.2, 0.25) is 0 Å². The fourth-order valence-corrected chi connectivity index (χ4v) is 4.93. The summed E-state index contributed by atoms with van der Waals surface area (Å²) in [4.78, 5) is 19.0. The van der Waals surface area contributed by atoms with Gasteiger partial charge < -0.3 is 0 Å². The predicted molar refractivity (Wildman–Crippen MR) is 119 cm³/mol. The molecule has 1 amide bonds. The van der Waals surface area contributed by atoms with Crippen molar-refractivity contribution in [2.45, 2.75) is 6.92 Å². The molecule has 5 nitrogen and oxygen atoms in total. The summed E-state index contributed by atoms with van der Waals surface area (Å²) in [5.41, 5.74) is 3.77. The number of rotatable bonds is 4. The first-order valence-corrected chi connectivity index (χ1v) is 10.8. The number of carbonyl (C=O) groups excluding carboxylic acids is 1. The van der Waals surface area contributed by atoms with Gasteiger partial charge in [-0.15, -0.1) is 22.7 Å². The molecule has 0 unspecified atom stereocenters. The highest BCUT2D eigenvalue weighted by molar-refractivity contribution is 7.20. The first-order chi connectivity index (χ1) is 14.2. The van der Waals surface area contributed by atoms with Crippen LogP contribution in [-0.4, -0.2) is 20.7 Å². The van der Waals surface area contributed by atoms with Gasteiger partial charge in [-0.1, -0.05) is 48.5 Å². The first-order valence-electron chi connectivity index (χ1n) is 9.06. The van der Waals surface area contributed by atoms with Gasteiger partial charge in [0.1, 0.15) is 4.83 Å². The second-order valence-electron chi connectivity index (χ2n) is 6.52. The Balaban J connectivity index is 1.43. The Labute approximate surface area is 175 Å². The normalized spacial score (nSPS) is 11.1. The summed E-state index contributed by atoms with van der Waals surface area (Å²) in [6.45, 7) is 1.96. The number of aromatic nitrogens is 3. The minimum Gasteiger partial charge on any atom is -0.297 e. The molecule has 0 atom stereocenters. The Hall–Kier alpha value is -3.29. The van der Waals surface area contributed by atoms with Crippen LogP contribution in [0.1, 0.15) is 15.4 Å². The lowest BCUT2D eigenvalue weighted by molar-refractivity contribution is 0.103. The van der Waals surface area contributed by atoms with E-state index in [1.807, 2.05) is 83.7 Å². The number of benzene rings is 2. The van der Waals surface area contributed by atoms with E-state index in [-0.39, 0.29) is 5.91 Å². The topological polar surface area (TPSA) is 59.8 Å². The maximum absolute atomic E-state index is 12.8. The van der Waals surface area contributed by atoms with E-state index in [2.05, 4.69) is 15.4 Å². The molecule has 5 aromatic rings. The summed E-state index contributed by atoms with van der Waals surface area (Å²) >= 11 is 2.86. The molecule has 29 heavy (non-hydrogen) atoms. The third-order valence-corrected chi connectivity index (χ3v) is 6.43. The number of aryl methyl sites for hydroxylation is 1. The standard InChI is InChI=1S/C22H16N4OS2/c1-14-17-12-19(29-21(17)26(25-14)16-10-6-3-7-11-16)20(27)24-22-23-18(13-28-22)15-8-4-2-5-9-15/h2-13H,1H3,(H,23,24,27). The van der Waals surface area contributed by atoms with E-state index < -0.39 is 0 Å². The summed E-state index contributed by atoms with van der Waals surface area (Å²) in [6, 6.07) is 21.8. The van der Waals surface area contributed by atoms with Crippen LogP contribution in [-0.2, 0) is 0 Å². The molecule has 0 aliphatic rings. The van der Waals surface area contributed by atoms with E-state index in [0.29, 0.717) is 10.0 Å². The molecule has 0 fully saturated rings. The van der Waals surface area contributed by atoms with Crippen LogP contribution in [0.15, 0.2) is 72.1 Å². The Morgan fingerprint density at radius 1 is 1.03 bits per heavy atom. The van der Waals surface area contributed by atoms with E-state index in [4.69, 9.17) is 0 Å². The lowest BCUT2D eigenvalue weighted by Crippen LogP contribution is -2.09. The summed E-state index contributed by atoms with van der Waals surface area (Å²) in [5, 5.41) is 11.1. The third-order valence-electron chi connectivity index (χ3n) is 4.56. The summed E-state index contributed by atoms with van der Waals surface area (Å²) in [6.07, 6.45) is 0. The second kappa shape index (κ2) is 7.27. The van der Waals surface area contributed by atoms with Crippen LogP contribution in [0.5, 0.6) is 0 Å². The lowest BCUT2D eigenvalue weighted by Gasteiger charge is -2.01. The number of thiazole rings is 1. The van der Waals surface area contributed by atoms with Crippen LogP contribution in [0, 0.1) is 6.92 Å². The molecule has 0 aliphatic carbocycles. The van der Waals surface area contributed by atoms with E-state index in [9.17, 15) is 4.79 Å². The number of amides is 1. The quantitative estimate of drug-likeness (QED) is 0.404. The maximum atomic E-state index is 12.8. The van der Waals surface area contributed by atoms with E-state index in [0.717, 1.165) is 32.9 Å². The van der Waals surface area contributed by atoms with Crippen molar-refractivity contribution < 1.29 is 4.79 Å². The van der Waals surface area contributed by atoms with E-state index >= 15 is 0 Å². The van der Waals surface area contributed by atoms with Crippen molar-refractivity contribution in [1.82, 2.24) is 14.8 Å². The fraction of sp³-hybridized carbons (Fsp3) is 0.0455. The number of anilines is 1. The maximum Gasteiger partial charge on any atom is 0.267 e. The van der Waals surface area contributed by atoms with Crippen molar-refractivity contribution in [2.24, 2.45) is 0 Å². The van der Waals surface area contributed by atoms with Gasteiger partial charge in [0.25, 0.3) is 5.91 Å². The Bertz CT molecular complexity index is 1300. The lowest BCUT2D eigenvalue weighted by atomic mass is 10.2. The van der Waals surface area contributed by atoms with Crippen molar-refractivity contribution in [2.75, 3.05) is 5.32 Å². The highest BCUT2D eigenvalue weighted by atomic mass is 32.1. The molecule has 7 heteroatoms. The Morgan fingerprint density at radius 3 is 2.52 bits per heavy atom. The SMILES string of the molecule is Cc1nn(-c2ccccc2)c2sc(C(=O)Nc3nc(-c4ccccc4)cs3)cc12. The zero-order chi connectivity index (χ0) is 19.8. The number of nitrogens with one attached hydrogen (secondary N) is 1. The average molecular weight is 417 g/mol. The average Bonchev–Trinajstić information content (AvgIpc) is 3.46. The van der Waals surface area contributed by atoms with Gasteiger partial charge in [0.15, 0.2) is 5.13 Å². The minimum atomic E-state index is -0.154. The van der Waals surface area contributed by atoms with Crippen molar-refractivity contribution in [1.29, 1.82) is 0 Å². The molecule has 142 valence electrons. The molecule has 1 N–H and O–H groups in total. The predicted octanol–water partition coefficient (Wildman–Crippen LogP) is 5.77. The number of hydrogen-bond acceptors (Lipinski definition) is 5. The molecular formula is C22H16N4OS2. The number of hydrogen-bond donors (Lipinski definition) is 1. The van der Waals surface area contributed by atoms with Gasteiger partial charge in [-0.3, -0.25) is 10.1 Å². The number of thiophene rings is 1. The van der Waals surface area contributed by atoms with Crippen LogP contribution in [0.3, 0.4) is 0 Å². The molecule has 5 rings (SSSR count). The highest BCUT2D eigenvalue weighted by Crippen LogP contribution is 2.31. The summed E-state index contributed by atoms with van der Waals surface area (Å²) in [5.74, 6) is -0.154. The largest absolute Gasteiger partial charge is 0.297 e. The zero-order valence-corrected chi connectivity index (χ0v) is 17.1. The second-order valence-corrected chi connectivity index (χ2v) is 8.41. The van der Waals surface area contributed by atoms with E-state index in [1.54, 1.807) is 0 Å². The van der Waals surface area contributed by atoms with Gasteiger partial charge in [0.2, 0.25) is 0 Å². The molecule has 0 saturated heterocycles. The Kier molecular flexibility index (Phi) is 4.46. The molecule has 0 saturated carbocycles. The third kappa shape index (κ3) is 3.35. The molecule has 2 aromatic carbocycles. The monoisotopic (exact) mass is 416 g/mol. The Morgan fingerprint density at radius 2 is 1.76 bits per heavy atom. The number of nitrogens with zero attached hydrogens (tertiary/aromatic N) is 3. The fourth-order valence-electron chi connectivity index (χ4n) is 3.13. The van der Waals surface area contributed by atoms with Crippen molar-refractivity contribution >= 4 is 43.9 Å². The summed E-state index contributed by atoms with van der Waals surface area (Å²) in [7, 11) is 0. The zero-order valence-electron chi connectivity index (χ0n) is 15.5. The smallest absolute Gasteiger partial charge is 0.267 e. The van der Waals surface area contributed by atoms with Gasteiger partial charge in [-0.25, -0.2) is 9.67 Å². The van der Waals surface area contributed by atoms with Crippen molar-refractivity contribution in [3.05, 3.63) is 82.7 Å². The van der Waals surface area contributed by atoms with Gasteiger partial charge in [-0.2, -0.15) is 5.10 Å².